The van der Waals surface area contributed by atoms with Gasteiger partial charge in [0.1, 0.15) is 12.4 Å². The van der Waals surface area contributed by atoms with Crippen LogP contribution in [0.1, 0.15) is 16.8 Å². The number of hydrogen-bond donors (Lipinski definition) is 0. The van der Waals surface area contributed by atoms with Crippen LogP contribution in [0.2, 0.25) is 0 Å². The average Bonchev–Trinajstić information content (AvgIpc) is 2.87. The highest BCUT2D eigenvalue weighted by atomic mass is 79.9. The first-order valence-electron chi connectivity index (χ1n) is 10.8. The number of pyridine rings is 3. The van der Waals surface area contributed by atoms with Gasteiger partial charge in [-0.3, -0.25) is 14.8 Å². The van der Waals surface area contributed by atoms with Gasteiger partial charge in [-0.15, -0.1) is 0 Å². The molecule has 0 atom stereocenters. The van der Waals surface area contributed by atoms with Crippen LogP contribution in [-0.2, 0) is 13.0 Å². The van der Waals surface area contributed by atoms with Crippen LogP contribution in [0.3, 0.4) is 0 Å². The first kappa shape index (κ1) is 21.1. The molecular weight excluding hydrogens is 510 g/mol. The number of rotatable bonds is 5. The van der Waals surface area contributed by atoms with Gasteiger partial charge in [-0.05, 0) is 54.1 Å². The van der Waals surface area contributed by atoms with E-state index < -0.39 is 0 Å². The van der Waals surface area contributed by atoms with E-state index in [1.54, 1.807) is 30.4 Å². The molecule has 34 heavy (non-hydrogen) atoms. The molecule has 0 amide bonds. The lowest BCUT2D eigenvalue weighted by Crippen LogP contribution is -2.17. The van der Waals surface area contributed by atoms with Crippen molar-refractivity contribution in [2.45, 2.75) is 22.8 Å². The molecule has 4 heterocycles. The second-order valence-electron chi connectivity index (χ2n) is 8.03. The minimum atomic E-state index is 0.0127. The zero-order chi connectivity index (χ0) is 23.1. The van der Waals surface area contributed by atoms with E-state index in [2.05, 4.69) is 42.6 Å². The Hall–Kier alpha value is -3.42. The number of aromatic nitrogens is 3. The molecular formula is C27H18BrN3O2S. The molecule has 0 aliphatic carbocycles. The highest BCUT2D eigenvalue weighted by Gasteiger charge is 2.23. The summed E-state index contributed by atoms with van der Waals surface area (Å²) in [6, 6.07) is 19.7. The second-order valence-corrected chi connectivity index (χ2v) is 10.0. The van der Waals surface area contributed by atoms with E-state index in [-0.39, 0.29) is 5.43 Å². The van der Waals surface area contributed by atoms with Gasteiger partial charge >= 0.3 is 0 Å². The minimum absolute atomic E-state index is 0.0127. The first-order valence-corrected chi connectivity index (χ1v) is 12.4. The van der Waals surface area contributed by atoms with Gasteiger partial charge in [-0.1, -0.05) is 39.8 Å². The van der Waals surface area contributed by atoms with Gasteiger partial charge in [0, 0.05) is 51.0 Å². The lowest BCUT2D eigenvalue weighted by atomic mass is 10.0. The fraction of sp³-hybridized carbons (Fsp3) is 0.0741. The SMILES string of the molecule is O=c1c(Cc2cccnc2)cn2c3c(cc(OCc4ccccn4)cc13)Sc1ccc(Br)cc1-2. The van der Waals surface area contributed by atoms with Crippen LogP contribution in [0.4, 0.5) is 0 Å². The third kappa shape index (κ3) is 3.91. The van der Waals surface area contributed by atoms with Crippen LogP contribution >= 0.6 is 27.7 Å². The van der Waals surface area contributed by atoms with Crippen LogP contribution < -0.4 is 10.2 Å². The Morgan fingerprint density at radius 3 is 2.76 bits per heavy atom. The molecule has 0 saturated carbocycles. The first-order chi connectivity index (χ1) is 16.7. The molecule has 0 N–H and O–H groups in total. The molecule has 166 valence electrons. The quantitative estimate of drug-likeness (QED) is 0.268. The van der Waals surface area contributed by atoms with Crippen molar-refractivity contribution in [1.82, 2.24) is 14.5 Å². The van der Waals surface area contributed by atoms with Gasteiger partial charge in [0.25, 0.3) is 0 Å². The fourth-order valence-electron chi connectivity index (χ4n) is 4.18. The van der Waals surface area contributed by atoms with Crippen molar-refractivity contribution in [1.29, 1.82) is 0 Å². The summed E-state index contributed by atoms with van der Waals surface area (Å²) in [6.45, 7) is 0.337. The van der Waals surface area contributed by atoms with E-state index in [0.29, 0.717) is 29.7 Å². The Balaban J connectivity index is 1.52. The van der Waals surface area contributed by atoms with E-state index in [0.717, 1.165) is 36.7 Å². The Labute approximate surface area is 208 Å². The molecule has 3 aromatic heterocycles. The molecule has 5 aromatic rings. The highest BCUT2D eigenvalue weighted by molar-refractivity contribution is 9.10. The maximum absolute atomic E-state index is 13.7. The Morgan fingerprint density at radius 1 is 1.00 bits per heavy atom. The van der Waals surface area contributed by atoms with Crippen molar-refractivity contribution in [3.8, 4) is 11.4 Å². The van der Waals surface area contributed by atoms with Crippen LogP contribution in [0.5, 0.6) is 5.75 Å². The number of fused-ring (bicyclic) bond motifs is 2. The third-order valence-corrected chi connectivity index (χ3v) is 7.33. The van der Waals surface area contributed by atoms with E-state index in [9.17, 15) is 4.79 Å². The van der Waals surface area contributed by atoms with Gasteiger partial charge in [0.05, 0.1) is 22.3 Å². The normalized spacial score (nSPS) is 11.9. The Kier molecular flexibility index (Phi) is 5.43. The van der Waals surface area contributed by atoms with Crippen LogP contribution in [-0.4, -0.2) is 14.5 Å². The summed E-state index contributed by atoms with van der Waals surface area (Å²) in [5.74, 6) is 0.656. The van der Waals surface area contributed by atoms with E-state index >= 15 is 0 Å². The summed E-state index contributed by atoms with van der Waals surface area (Å²) in [5.41, 5.74) is 4.51. The molecule has 5 nitrogen and oxygen atoms in total. The lowest BCUT2D eigenvalue weighted by Gasteiger charge is -2.24. The molecule has 0 saturated heterocycles. The van der Waals surface area contributed by atoms with Crippen molar-refractivity contribution >= 4 is 38.6 Å². The Morgan fingerprint density at radius 2 is 1.94 bits per heavy atom. The minimum Gasteiger partial charge on any atom is -0.487 e. The van der Waals surface area contributed by atoms with Gasteiger partial charge in [0.2, 0.25) is 0 Å². The van der Waals surface area contributed by atoms with Gasteiger partial charge in [0.15, 0.2) is 5.43 Å². The van der Waals surface area contributed by atoms with Crippen molar-refractivity contribution in [2.75, 3.05) is 0 Å². The molecule has 0 spiro atoms. The number of halogens is 1. The topological polar surface area (TPSA) is 57.0 Å². The van der Waals surface area contributed by atoms with Gasteiger partial charge < -0.3 is 9.30 Å². The number of benzene rings is 2. The van der Waals surface area contributed by atoms with E-state index in [1.165, 1.54) is 0 Å². The van der Waals surface area contributed by atoms with Crippen molar-refractivity contribution < 1.29 is 4.74 Å². The standard InChI is InChI=1S/C27H18BrN3O2S/c28-19-6-7-24-23(11-19)31-15-18(10-17-4-3-8-29-14-17)27(32)22-12-21(13-25(34-24)26(22)31)33-16-20-5-1-2-9-30-20/h1-9,11-15H,10,16H2. The third-order valence-electron chi connectivity index (χ3n) is 5.74. The summed E-state index contributed by atoms with van der Waals surface area (Å²) >= 11 is 5.25. The molecule has 1 aliphatic heterocycles. The summed E-state index contributed by atoms with van der Waals surface area (Å²) in [4.78, 5) is 24.3. The lowest BCUT2D eigenvalue weighted by molar-refractivity contribution is 0.301. The monoisotopic (exact) mass is 527 g/mol. The maximum Gasteiger partial charge on any atom is 0.193 e. The van der Waals surface area contributed by atoms with E-state index in [1.807, 2.05) is 54.7 Å². The molecule has 2 aromatic carbocycles. The van der Waals surface area contributed by atoms with Crippen molar-refractivity contribution in [3.63, 3.8) is 0 Å². The highest BCUT2D eigenvalue weighted by Crippen LogP contribution is 2.44. The van der Waals surface area contributed by atoms with Crippen LogP contribution in [0, 0.1) is 0 Å². The molecule has 0 radical (unpaired) electrons. The number of ether oxygens (including phenoxy) is 1. The number of hydrogen-bond acceptors (Lipinski definition) is 5. The maximum atomic E-state index is 13.7. The predicted molar refractivity (Wildman–Crippen MR) is 137 cm³/mol. The molecule has 7 heteroatoms. The zero-order valence-electron chi connectivity index (χ0n) is 17.9. The largest absolute Gasteiger partial charge is 0.487 e. The zero-order valence-corrected chi connectivity index (χ0v) is 20.3. The van der Waals surface area contributed by atoms with E-state index in [4.69, 9.17) is 4.74 Å². The molecule has 0 bridgehead atoms. The van der Waals surface area contributed by atoms with Gasteiger partial charge in [-0.2, -0.15) is 0 Å². The van der Waals surface area contributed by atoms with Crippen molar-refractivity contribution in [3.05, 3.63) is 117 Å². The molecule has 6 rings (SSSR count). The fourth-order valence-corrected chi connectivity index (χ4v) is 5.64. The summed E-state index contributed by atoms with van der Waals surface area (Å²) < 4.78 is 9.21. The van der Waals surface area contributed by atoms with Gasteiger partial charge in [-0.25, -0.2) is 0 Å². The summed E-state index contributed by atoms with van der Waals surface area (Å²) in [7, 11) is 0. The predicted octanol–water partition coefficient (Wildman–Crippen LogP) is 6.18. The number of nitrogens with zero attached hydrogens (tertiary/aromatic N) is 3. The summed E-state index contributed by atoms with van der Waals surface area (Å²) in [5, 5.41) is 0.646. The van der Waals surface area contributed by atoms with Crippen molar-refractivity contribution in [2.24, 2.45) is 0 Å². The second kappa shape index (κ2) is 8.74. The van der Waals surface area contributed by atoms with Crippen LogP contribution in [0.15, 0.2) is 105 Å². The van der Waals surface area contributed by atoms with Crippen LogP contribution in [0.25, 0.3) is 16.6 Å². The smallest absolute Gasteiger partial charge is 0.193 e. The molecule has 0 fully saturated rings. The Bertz CT molecular complexity index is 1590. The summed E-state index contributed by atoms with van der Waals surface area (Å²) in [6.07, 6.45) is 7.77. The molecule has 1 aliphatic rings. The average molecular weight is 528 g/mol. The molecule has 0 unspecified atom stereocenters.